The summed E-state index contributed by atoms with van der Waals surface area (Å²) in [7, 11) is -4.54. The molecule has 2 aliphatic heterocycles. The molecule has 5 rings (SSSR count). The number of sulfonamides is 1. The van der Waals surface area contributed by atoms with Crippen molar-refractivity contribution in [2.24, 2.45) is 5.73 Å². The zero-order chi connectivity index (χ0) is 35.4. The highest BCUT2D eigenvalue weighted by Crippen LogP contribution is 2.40. The van der Waals surface area contributed by atoms with Gasteiger partial charge in [-0.1, -0.05) is 51.8 Å². The highest BCUT2D eigenvalue weighted by molar-refractivity contribution is 9.10. The molecule has 9 nitrogen and oxygen atoms in total. The van der Waals surface area contributed by atoms with Crippen molar-refractivity contribution in [3.8, 4) is 5.75 Å². The lowest BCUT2D eigenvalue weighted by Crippen LogP contribution is -2.60. The van der Waals surface area contributed by atoms with Gasteiger partial charge >= 0.3 is 12.1 Å². The average Bonchev–Trinajstić information content (AvgIpc) is 3.30. The van der Waals surface area contributed by atoms with E-state index in [-0.39, 0.29) is 29.6 Å². The van der Waals surface area contributed by atoms with Gasteiger partial charge in [0.05, 0.1) is 4.90 Å². The molecule has 0 aliphatic carbocycles. The van der Waals surface area contributed by atoms with E-state index in [1.165, 1.54) is 53.4 Å². The summed E-state index contributed by atoms with van der Waals surface area (Å²) in [5, 5.41) is 7.72. The Kier molecular flexibility index (Phi) is 11.8. The van der Waals surface area contributed by atoms with Crippen molar-refractivity contribution in [1.29, 1.82) is 0 Å². The van der Waals surface area contributed by atoms with Gasteiger partial charge in [-0.05, 0) is 79.8 Å². The molecule has 48 heavy (non-hydrogen) atoms. The van der Waals surface area contributed by atoms with Gasteiger partial charge in [0.25, 0.3) is 5.92 Å². The number of hydrogen-bond donors (Lipinski definition) is 3. The minimum atomic E-state index is -5.08. The van der Waals surface area contributed by atoms with E-state index in [2.05, 4.69) is 20.7 Å². The molecule has 0 saturated carbocycles. The number of carboxylic acids is 1. The van der Waals surface area contributed by atoms with Crippen LogP contribution in [0.3, 0.4) is 0 Å². The lowest BCUT2D eigenvalue weighted by molar-refractivity contribution is -0.192. The maximum atomic E-state index is 16.1. The minimum absolute atomic E-state index is 0.126. The standard InChI is InChI=1S/C29H29BrClF2N3O4S.C2HF3O2/c30-20-5-3-19(4-6-20)29(32,33)27(28(37)36-23-9-10-24(36)16-22(34)15-23)35-41(38,39)26-13-11-25(12-14-26)40-17-18-1-7-21(31)8-2-18;3-2(4,5)1(6)7/h1-8,11-14,22-24,27,35H,9-10,15-17,34H2;(H,6,7). The number of fused-ring (bicyclic) bond motifs is 2. The van der Waals surface area contributed by atoms with Crippen molar-refractivity contribution in [2.75, 3.05) is 0 Å². The number of amides is 1. The van der Waals surface area contributed by atoms with Crippen LogP contribution in [0.15, 0.2) is 82.2 Å². The molecule has 3 unspecified atom stereocenters. The van der Waals surface area contributed by atoms with Crippen LogP contribution in [0.25, 0.3) is 0 Å². The van der Waals surface area contributed by atoms with Gasteiger partial charge in [-0.15, -0.1) is 0 Å². The van der Waals surface area contributed by atoms with Crippen molar-refractivity contribution in [2.45, 2.75) is 73.5 Å². The number of rotatable bonds is 9. The molecule has 0 spiro atoms. The highest BCUT2D eigenvalue weighted by atomic mass is 79.9. The first-order valence-electron chi connectivity index (χ1n) is 14.4. The first kappa shape index (κ1) is 37.5. The van der Waals surface area contributed by atoms with Crippen LogP contribution >= 0.6 is 27.5 Å². The Morgan fingerprint density at radius 2 is 1.48 bits per heavy atom. The predicted octanol–water partition coefficient (Wildman–Crippen LogP) is 6.23. The number of carbonyl (C=O) groups is 2. The van der Waals surface area contributed by atoms with Crippen LogP contribution in [0.2, 0.25) is 5.02 Å². The Morgan fingerprint density at radius 1 is 0.958 bits per heavy atom. The Bertz CT molecular complexity index is 1680. The zero-order valence-electron chi connectivity index (χ0n) is 24.8. The summed E-state index contributed by atoms with van der Waals surface area (Å²) in [6.07, 6.45) is -2.82. The lowest BCUT2D eigenvalue weighted by Gasteiger charge is -2.41. The van der Waals surface area contributed by atoms with Crippen molar-refractivity contribution in [3.05, 3.63) is 93.4 Å². The van der Waals surface area contributed by atoms with Crippen molar-refractivity contribution in [3.63, 3.8) is 0 Å². The van der Waals surface area contributed by atoms with Gasteiger partial charge in [-0.3, -0.25) is 4.79 Å². The summed E-state index contributed by atoms with van der Waals surface area (Å²) in [5.74, 6) is -7.17. The maximum absolute atomic E-state index is 16.1. The van der Waals surface area contributed by atoms with Crippen molar-refractivity contribution < 1.29 is 49.8 Å². The minimum Gasteiger partial charge on any atom is -0.489 e. The molecule has 0 aromatic heterocycles. The maximum Gasteiger partial charge on any atom is 0.490 e. The number of halogens is 7. The molecule has 2 fully saturated rings. The number of nitrogens with two attached hydrogens (primary N) is 1. The number of nitrogens with zero attached hydrogens (tertiary/aromatic N) is 1. The number of piperidine rings is 1. The summed E-state index contributed by atoms with van der Waals surface area (Å²) in [6, 6.07) is 14.5. The Hall–Kier alpha value is -3.31. The number of carboxylic acid groups (broad SMARTS) is 1. The Balaban J connectivity index is 0.000000671. The van der Waals surface area contributed by atoms with E-state index >= 15 is 8.78 Å². The van der Waals surface area contributed by atoms with E-state index in [1.54, 1.807) is 24.3 Å². The molecule has 2 heterocycles. The molecular weight excluding hydrogens is 753 g/mol. The van der Waals surface area contributed by atoms with E-state index in [0.717, 1.165) is 5.56 Å². The highest BCUT2D eigenvalue weighted by Gasteiger charge is 2.53. The molecule has 1 amide bonds. The molecule has 2 bridgehead atoms. The fraction of sp³-hybridized carbons (Fsp3) is 0.355. The molecule has 2 saturated heterocycles. The number of hydrogen-bond acceptors (Lipinski definition) is 6. The second-order valence-corrected chi connectivity index (χ2v) is 14.3. The van der Waals surface area contributed by atoms with E-state index < -0.39 is 45.6 Å². The van der Waals surface area contributed by atoms with Crippen LogP contribution in [0.1, 0.15) is 36.8 Å². The third kappa shape index (κ3) is 9.22. The quantitative estimate of drug-likeness (QED) is 0.219. The average molecular weight is 783 g/mol. The molecule has 2 aliphatic rings. The van der Waals surface area contributed by atoms with E-state index in [9.17, 15) is 26.4 Å². The number of ether oxygens (including phenoxy) is 1. The van der Waals surface area contributed by atoms with Crippen LogP contribution < -0.4 is 15.2 Å². The first-order valence-corrected chi connectivity index (χ1v) is 17.0. The fourth-order valence-corrected chi connectivity index (χ4v) is 7.11. The van der Waals surface area contributed by atoms with Gasteiger partial charge in [-0.25, -0.2) is 13.2 Å². The van der Waals surface area contributed by atoms with Crippen LogP contribution in [0, 0.1) is 0 Å². The van der Waals surface area contributed by atoms with Gasteiger partial charge < -0.3 is 20.5 Å². The second kappa shape index (κ2) is 15.1. The van der Waals surface area contributed by atoms with Gasteiger partial charge in [0.1, 0.15) is 12.4 Å². The summed E-state index contributed by atoms with van der Waals surface area (Å²) in [5.41, 5.74) is 6.50. The molecule has 4 N–H and O–H groups in total. The number of carbonyl (C=O) groups excluding carboxylic acids is 1. The third-order valence-corrected chi connectivity index (χ3v) is 10.1. The predicted molar refractivity (Wildman–Crippen MR) is 169 cm³/mol. The van der Waals surface area contributed by atoms with Crippen molar-refractivity contribution in [1.82, 2.24) is 9.62 Å². The smallest absolute Gasteiger partial charge is 0.489 e. The molecule has 17 heteroatoms. The number of aliphatic carboxylic acids is 1. The van der Waals surface area contributed by atoms with Crippen LogP contribution in [-0.2, 0) is 32.1 Å². The van der Waals surface area contributed by atoms with Crippen LogP contribution in [0.4, 0.5) is 22.0 Å². The third-order valence-electron chi connectivity index (χ3n) is 7.83. The summed E-state index contributed by atoms with van der Waals surface area (Å²) in [4.78, 5) is 23.8. The summed E-state index contributed by atoms with van der Waals surface area (Å²) >= 11 is 9.12. The first-order chi connectivity index (χ1) is 22.4. The number of benzene rings is 3. The molecule has 3 atom stereocenters. The van der Waals surface area contributed by atoms with E-state index in [0.29, 0.717) is 40.9 Å². The van der Waals surface area contributed by atoms with Gasteiger partial charge in [0.2, 0.25) is 15.9 Å². The Morgan fingerprint density at radius 3 is 1.98 bits per heavy atom. The fourth-order valence-electron chi connectivity index (χ4n) is 5.53. The molecule has 0 radical (unpaired) electrons. The van der Waals surface area contributed by atoms with Gasteiger partial charge in [0.15, 0.2) is 6.04 Å². The molecular formula is C31H30BrClF5N3O6S. The second-order valence-electron chi connectivity index (χ2n) is 11.2. The lowest BCUT2D eigenvalue weighted by atomic mass is 9.95. The number of alkyl halides is 5. The van der Waals surface area contributed by atoms with Gasteiger partial charge in [-0.2, -0.15) is 26.7 Å². The summed E-state index contributed by atoms with van der Waals surface area (Å²) < 4.78 is 99.0. The van der Waals surface area contributed by atoms with Crippen LogP contribution in [-0.4, -0.2) is 60.6 Å². The van der Waals surface area contributed by atoms with Crippen LogP contribution in [0.5, 0.6) is 5.75 Å². The topological polar surface area (TPSA) is 139 Å². The van der Waals surface area contributed by atoms with Crippen molar-refractivity contribution >= 4 is 49.4 Å². The van der Waals surface area contributed by atoms with Gasteiger partial charge in [0, 0.05) is 33.2 Å². The molecule has 260 valence electrons. The van der Waals surface area contributed by atoms with E-state index in [4.69, 9.17) is 32.0 Å². The summed E-state index contributed by atoms with van der Waals surface area (Å²) in [6.45, 7) is 0.222. The monoisotopic (exact) mass is 781 g/mol. The number of nitrogens with one attached hydrogen (secondary N) is 1. The molecule has 3 aromatic carbocycles. The Labute approximate surface area is 286 Å². The zero-order valence-corrected chi connectivity index (χ0v) is 28.0. The largest absolute Gasteiger partial charge is 0.490 e. The van der Waals surface area contributed by atoms with E-state index in [1.807, 2.05) is 0 Å². The normalized spacial score (nSPS) is 20.0. The molecule has 3 aromatic rings. The SMILES string of the molecule is NC1CC2CCC(C1)N2C(=O)C(NS(=O)(=O)c1ccc(OCc2ccc(Cl)cc2)cc1)C(F)(F)c1ccc(Br)cc1.O=C(O)C(F)(F)F.